The van der Waals surface area contributed by atoms with E-state index in [0.717, 1.165) is 11.4 Å². The first-order chi connectivity index (χ1) is 7.14. The summed E-state index contributed by atoms with van der Waals surface area (Å²) in [5.74, 6) is 0. The van der Waals surface area contributed by atoms with Crippen molar-refractivity contribution in [3.63, 3.8) is 0 Å². The molecular formula is C14H24N2. The standard InChI is InChI=1S/C14H24N2/c1-9-15-11(13(3,4)5)12(16-10-2)14(6,7)8/h9-10H,1-2H2,3-8H3. The molecule has 2 nitrogen and oxygen atoms in total. The van der Waals surface area contributed by atoms with Crippen LogP contribution < -0.4 is 0 Å². The molecule has 0 amide bonds. The summed E-state index contributed by atoms with van der Waals surface area (Å²) < 4.78 is 0. The van der Waals surface area contributed by atoms with E-state index in [1.165, 1.54) is 0 Å². The van der Waals surface area contributed by atoms with Crippen molar-refractivity contribution in [2.75, 3.05) is 0 Å². The highest BCUT2D eigenvalue weighted by molar-refractivity contribution is 6.45. The molecule has 0 unspecified atom stereocenters. The van der Waals surface area contributed by atoms with E-state index in [9.17, 15) is 0 Å². The van der Waals surface area contributed by atoms with Crippen molar-refractivity contribution in [1.82, 2.24) is 0 Å². The Morgan fingerprint density at radius 1 is 0.750 bits per heavy atom. The van der Waals surface area contributed by atoms with Crippen molar-refractivity contribution in [2.45, 2.75) is 41.5 Å². The Kier molecular flexibility index (Phi) is 4.85. The van der Waals surface area contributed by atoms with Gasteiger partial charge in [-0.05, 0) is 0 Å². The van der Waals surface area contributed by atoms with Crippen LogP contribution in [-0.4, -0.2) is 11.4 Å². The van der Waals surface area contributed by atoms with E-state index < -0.39 is 0 Å². The maximum atomic E-state index is 4.38. The Bertz CT molecular complexity index is 286. The second kappa shape index (κ2) is 5.24. The monoisotopic (exact) mass is 220 g/mol. The molecule has 0 aromatic rings. The quantitative estimate of drug-likeness (QED) is 0.635. The second-order valence-electron chi connectivity index (χ2n) is 5.82. The number of rotatable bonds is 3. The van der Waals surface area contributed by atoms with Gasteiger partial charge in [-0.15, -0.1) is 0 Å². The minimum Gasteiger partial charge on any atom is -0.259 e. The lowest BCUT2D eigenvalue weighted by Crippen LogP contribution is -2.37. The van der Waals surface area contributed by atoms with Gasteiger partial charge in [0.25, 0.3) is 0 Å². The molecule has 0 aliphatic heterocycles. The average Bonchev–Trinajstić information content (AvgIpc) is 2.07. The Morgan fingerprint density at radius 3 is 1.12 bits per heavy atom. The van der Waals surface area contributed by atoms with Gasteiger partial charge in [0.1, 0.15) is 0 Å². The Balaban J connectivity index is 5.67. The fourth-order valence-electron chi connectivity index (χ4n) is 1.40. The van der Waals surface area contributed by atoms with Crippen LogP contribution in [-0.2, 0) is 0 Å². The Labute approximate surface area is 99.9 Å². The summed E-state index contributed by atoms with van der Waals surface area (Å²) in [5, 5.41) is 0. The second-order valence-corrected chi connectivity index (χ2v) is 5.82. The molecule has 0 bridgehead atoms. The molecule has 0 saturated heterocycles. The summed E-state index contributed by atoms with van der Waals surface area (Å²) in [4.78, 5) is 8.77. The smallest absolute Gasteiger partial charge is 0.0676 e. The van der Waals surface area contributed by atoms with Gasteiger partial charge in [0, 0.05) is 23.2 Å². The highest BCUT2D eigenvalue weighted by Crippen LogP contribution is 2.26. The zero-order valence-electron chi connectivity index (χ0n) is 11.5. The maximum absolute atomic E-state index is 4.38. The summed E-state index contributed by atoms with van der Waals surface area (Å²) >= 11 is 0. The number of hydrogen-bond donors (Lipinski definition) is 0. The first-order valence-corrected chi connectivity index (χ1v) is 5.53. The fraction of sp³-hybridized carbons (Fsp3) is 0.571. The van der Waals surface area contributed by atoms with Crippen molar-refractivity contribution in [2.24, 2.45) is 20.8 Å². The van der Waals surface area contributed by atoms with E-state index in [2.05, 4.69) is 64.7 Å². The van der Waals surface area contributed by atoms with Crippen LogP contribution in [0.1, 0.15) is 41.5 Å². The minimum absolute atomic E-state index is 0.0523. The van der Waals surface area contributed by atoms with Crippen molar-refractivity contribution in [1.29, 1.82) is 0 Å². The van der Waals surface area contributed by atoms with Gasteiger partial charge < -0.3 is 0 Å². The molecule has 0 rings (SSSR count). The van der Waals surface area contributed by atoms with Gasteiger partial charge in [0.2, 0.25) is 0 Å². The van der Waals surface area contributed by atoms with E-state index in [4.69, 9.17) is 0 Å². The molecule has 0 heterocycles. The summed E-state index contributed by atoms with van der Waals surface area (Å²) in [7, 11) is 0. The molecule has 0 saturated carbocycles. The number of nitrogens with zero attached hydrogens (tertiary/aromatic N) is 2. The van der Waals surface area contributed by atoms with Crippen molar-refractivity contribution in [3.8, 4) is 0 Å². The van der Waals surface area contributed by atoms with E-state index in [1.807, 2.05) is 0 Å². The third-order valence-corrected chi connectivity index (χ3v) is 2.09. The molecular weight excluding hydrogens is 196 g/mol. The van der Waals surface area contributed by atoms with Gasteiger partial charge >= 0.3 is 0 Å². The van der Waals surface area contributed by atoms with Crippen LogP contribution in [0.3, 0.4) is 0 Å². The zero-order chi connectivity index (χ0) is 13.0. The van der Waals surface area contributed by atoms with Crippen LogP contribution >= 0.6 is 0 Å². The van der Waals surface area contributed by atoms with Crippen LogP contribution in [0.4, 0.5) is 0 Å². The van der Waals surface area contributed by atoms with Gasteiger partial charge in [-0.1, -0.05) is 54.7 Å². The van der Waals surface area contributed by atoms with Crippen LogP contribution in [0.2, 0.25) is 0 Å². The van der Waals surface area contributed by atoms with Crippen molar-refractivity contribution >= 4 is 11.4 Å². The van der Waals surface area contributed by atoms with Gasteiger partial charge in [0.15, 0.2) is 0 Å². The van der Waals surface area contributed by atoms with Gasteiger partial charge in [-0.2, -0.15) is 0 Å². The van der Waals surface area contributed by atoms with Gasteiger partial charge in [-0.3, -0.25) is 9.98 Å². The van der Waals surface area contributed by atoms with Crippen LogP contribution in [0.25, 0.3) is 0 Å². The molecule has 0 spiro atoms. The molecule has 0 atom stereocenters. The Morgan fingerprint density at radius 2 is 1.00 bits per heavy atom. The zero-order valence-corrected chi connectivity index (χ0v) is 11.5. The molecule has 16 heavy (non-hydrogen) atoms. The third kappa shape index (κ3) is 4.13. The first kappa shape index (κ1) is 14.8. The molecule has 0 fully saturated rings. The molecule has 0 aliphatic rings. The van der Waals surface area contributed by atoms with E-state index in [-0.39, 0.29) is 10.8 Å². The predicted molar refractivity (Wildman–Crippen MR) is 74.2 cm³/mol. The van der Waals surface area contributed by atoms with Gasteiger partial charge in [0.05, 0.1) is 11.4 Å². The molecule has 90 valence electrons. The molecule has 0 aromatic carbocycles. The lowest BCUT2D eigenvalue weighted by molar-refractivity contribution is 0.565. The summed E-state index contributed by atoms with van der Waals surface area (Å²) in [6.07, 6.45) is 3.15. The van der Waals surface area contributed by atoms with E-state index in [1.54, 1.807) is 12.4 Å². The summed E-state index contributed by atoms with van der Waals surface area (Å²) in [6, 6.07) is 0. The van der Waals surface area contributed by atoms with Crippen molar-refractivity contribution in [3.05, 3.63) is 25.6 Å². The normalized spacial score (nSPS) is 14.9. The number of aliphatic imine (C=N–C) groups is 2. The average molecular weight is 220 g/mol. The minimum atomic E-state index is -0.0523. The molecule has 0 N–H and O–H groups in total. The van der Waals surface area contributed by atoms with Crippen molar-refractivity contribution < 1.29 is 0 Å². The van der Waals surface area contributed by atoms with E-state index in [0.29, 0.717) is 0 Å². The number of hydrogen-bond acceptors (Lipinski definition) is 2. The fourth-order valence-corrected chi connectivity index (χ4v) is 1.40. The molecule has 0 radical (unpaired) electrons. The highest BCUT2D eigenvalue weighted by Gasteiger charge is 2.30. The molecule has 0 aliphatic carbocycles. The third-order valence-electron chi connectivity index (χ3n) is 2.09. The highest BCUT2D eigenvalue weighted by atomic mass is 14.8. The first-order valence-electron chi connectivity index (χ1n) is 5.53. The largest absolute Gasteiger partial charge is 0.259 e. The summed E-state index contributed by atoms with van der Waals surface area (Å²) in [6.45, 7) is 20.1. The predicted octanol–water partition coefficient (Wildman–Crippen LogP) is 4.25. The Hall–Kier alpha value is -1.18. The molecule has 2 heteroatoms. The van der Waals surface area contributed by atoms with Crippen LogP contribution in [0.5, 0.6) is 0 Å². The maximum Gasteiger partial charge on any atom is 0.0676 e. The van der Waals surface area contributed by atoms with E-state index >= 15 is 0 Å². The summed E-state index contributed by atoms with van der Waals surface area (Å²) in [5.41, 5.74) is 1.83. The molecule has 0 aromatic heterocycles. The van der Waals surface area contributed by atoms with Crippen LogP contribution in [0.15, 0.2) is 35.5 Å². The SMILES string of the molecule is C=CN=C(C(=NC=C)C(C)(C)C)C(C)(C)C. The lowest BCUT2D eigenvalue weighted by atomic mass is 9.77. The van der Waals surface area contributed by atoms with Gasteiger partial charge in [-0.25, -0.2) is 0 Å². The topological polar surface area (TPSA) is 24.7 Å². The van der Waals surface area contributed by atoms with Crippen LogP contribution in [0, 0.1) is 10.8 Å². The lowest BCUT2D eigenvalue weighted by Gasteiger charge is -2.29.